The van der Waals surface area contributed by atoms with Crippen molar-refractivity contribution in [1.29, 1.82) is 0 Å². The molecule has 0 aliphatic carbocycles. The van der Waals surface area contributed by atoms with E-state index in [2.05, 4.69) is 10.7 Å². The van der Waals surface area contributed by atoms with Gasteiger partial charge in [-0.2, -0.15) is 0 Å². The van der Waals surface area contributed by atoms with E-state index >= 15 is 0 Å². The SMILES string of the molecule is C.FS(F)(F)(F)(Cl)c1ccccc1. The van der Waals surface area contributed by atoms with Crippen LogP contribution in [0.5, 0.6) is 0 Å². The van der Waals surface area contributed by atoms with Crippen LogP contribution in [0, 0.1) is 0 Å². The summed E-state index contributed by atoms with van der Waals surface area (Å²) in [6.07, 6.45) is 0. The highest BCUT2D eigenvalue weighted by atomic mass is 35.7. The van der Waals surface area contributed by atoms with Gasteiger partial charge in [-0.3, -0.25) is 0 Å². The zero-order valence-electron chi connectivity index (χ0n) is 5.68. The molecule has 0 bridgehead atoms. The summed E-state index contributed by atoms with van der Waals surface area (Å²) in [5, 5.41) is 0. The second-order valence-electron chi connectivity index (χ2n) is 2.28. The standard InChI is InChI=1S/C6H5ClF4S.CH4/c7-12(8,9,10,11)6-4-2-1-3-5-6;/h1-5H;1H4. The van der Waals surface area contributed by atoms with Gasteiger partial charge < -0.3 is 0 Å². The normalized spacial score (nSPS) is 16.7. The molecule has 0 unspecified atom stereocenters. The molecule has 0 saturated heterocycles. The van der Waals surface area contributed by atoms with Crippen LogP contribution in [-0.2, 0) is 0 Å². The topological polar surface area (TPSA) is 0 Å². The van der Waals surface area contributed by atoms with Crippen LogP contribution in [0.1, 0.15) is 7.43 Å². The fourth-order valence-electron chi connectivity index (χ4n) is 0.678. The maximum atomic E-state index is 12.4. The van der Waals surface area contributed by atoms with Gasteiger partial charge in [0.15, 0.2) is 0 Å². The van der Waals surface area contributed by atoms with Crippen LogP contribution in [0.25, 0.3) is 0 Å². The molecule has 0 N–H and O–H groups in total. The number of hydrogen-bond acceptors (Lipinski definition) is 0. The predicted molar refractivity (Wildman–Crippen MR) is 49.3 cm³/mol. The fourth-order valence-corrected chi connectivity index (χ4v) is 1.66. The van der Waals surface area contributed by atoms with Gasteiger partial charge in [0.2, 0.25) is 0 Å². The Balaban J connectivity index is 0.00000144. The van der Waals surface area contributed by atoms with Gasteiger partial charge in [0.1, 0.15) is 0 Å². The summed E-state index contributed by atoms with van der Waals surface area (Å²) in [4.78, 5) is -1.42. The Morgan fingerprint density at radius 2 is 1.31 bits per heavy atom. The van der Waals surface area contributed by atoms with E-state index in [0.29, 0.717) is 12.1 Å². The first-order valence-corrected chi connectivity index (χ1v) is 5.76. The summed E-state index contributed by atoms with van der Waals surface area (Å²) in [5.74, 6) is 0. The smallest absolute Gasteiger partial charge is 0.107 e. The average molecular weight is 237 g/mol. The molecule has 0 amide bonds. The van der Waals surface area contributed by atoms with Crippen molar-refractivity contribution in [2.45, 2.75) is 12.3 Å². The van der Waals surface area contributed by atoms with Crippen molar-refractivity contribution in [2.75, 3.05) is 0 Å². The minimum Gasteiger partial charge on any atom is -0.107 e. The molecule has 78 valence electrons. The number of halogens is 5. The lowest BCUT2D eigenvalue weighted by Crippen LogP contribution is -2.03. The van der Waals surface area contributed by atoms with Crippen LogP contribution in [0.4, 0.5) is 15.5 Å². The van der Waals surface area contributed by atoms with E-state index in [4.69, 9.17) is 0 Å². The van der Waals surface area contributed by atoms with Crippen molar-refractivity contribution < 1.29 is 15.5 Å². The number of hydrogen-bond donors (Lipinski definition) is 0. The Morgan fingerprint density at radius 3 is 1.54 bits per heavy atom. The maximum absolute atomic E-state index is 12.4. The van der Waals surface area contributed by atoms with E-state index in [9.17, 15) is 15.5 Å². The van der Waals surface area contributed by atoms with Gasteiger partial charge >= 0.3 is 0 Å². The van der Waals surface area contributed by atoms with Gasteiger partial charge in [0, 0.05) is 10.7 Å². The zero-order valence-corrected chi connectivity index (χ0v) is 7.26. The third-order valence-corrected chi connectivity index (χ3v) is 2.89. The molecule has 6 heteroatoms. The lowest BCUT2D eigenvalue weighted by molar-refractivity contribution is 0.480. The van der Waals surface area contributed by atoms with Crippen LogP contribution >= 0.6 is 19.7 Å². The van der Waals surface area contributed by atoms with Crippen molar-refractivity contribution in [3.05, 3.63) is 30.3 Å². The molecule has 1 rings (SSSR count). The largest absolute Gasteiger partial charge is 0.253 e. The highest BCUT2D eigenvalue weighted by Crippen LogP contribution is 3.04. The molecule has 1 aromatic carbocycles. The van der Waals surface area contributed by atoms with E-state index < -0.39 is 13.9 Å². The van der Waals surface area contributed by atoms with Crippen LogP contribution in [0.15, 0.2) is 35.2 Å². The van der Waals surface area contributed by atoms with Crippen molar-refractivity contribution in [3.63, 3.8) is 0 Å². The minimum atomic E-state index is -8.45. The zero-order chi connectivity index (χ0) is 9.52. The van der Waals surface area contributed by atoms with E-state index in [1.54, 1.807) is 0 Å². The Labute approximate surface area is 78.4 Å². The molecule has 1 aromatic rings. The van der Waals surface area contributed by atoms with Gasteiger partial charge in [-0.1, -0.05) is 25.6 Å². The van der Waals surface area contributed by atoms with Gasteiger partial charge in [-0.25, -0.2) is 0 Å². The summed E-state index contributed by atoms with van der Waals surface area (Å²) in [5.41, 5.74) is 0. The second kappa shape index (κ2) is 2.54. The van der Waals surface area contributed by atoms with Gasteiger partial charge in [0.25, 0.3) is 9.05 Å². The summed E-state index contributed by atoms with van der Waals surface area (Å²) in [6, 6.07) is 4.72. The molecule has 0 saturated carbocycles. The first-order valence-electron chi connectivity index (χ1n) is 2.89. The molecule has 0 fully saturated rings. The Kier molecular flexibility index (Phi) is 2.46. The van der Waals surface area contributed by atoms with E-state index in [1.807, 2.05) is 0 Å². The molecule has 0 radical (unpaired) electrons. The molecule has 0 aliphatic heterocycles. The third-order valence-electron chi connectivity index (χ3n) is 1.19. The van der Waals surface area contributed by atoms with E-state index in [0.717, 1.165) is 12.1 Å². The molecular weight excluding hydrogens is 228 g/mol. The summed E-state index contributed by atoms with van der Waals surface area (Å²) >= 11 is 0. The number of rotatable bonds is 1. The van der Waals surface area contributed by atoms with Crippen LogP contribution in [-0.4, -0.2) is 0 Å². The molecular formula is C7H9ClF4S. The van der Waals surface area contributed by atoms with Crippen LogP contribution in [0.2, 0.25) is 0 Å². The molecule has 0 atom stereocenters. The highest BCUT2D eigenvalue weighted by molar-refractivity contribution is 8.65. The van der Waals surface area contributed by atoms with Gasteiger partial charge in [-0.15, -0.1) is 15.5 Å². The molecule has 0 aliphatic rings. The monoisotopic (exact) mass is 236 g/mol. The Hall–Kier alpha value is -0.420. The van der Waals surface area contributed by atoms with E-state index in [1.165, 1.54) is 6.07 Å². The van der Waals surface area contributed by atoms with Crippen LogP contribution < -0.4 is 0 Å². The Bertz CT molecular complexity index is 290. The first kappa shape index (κ1) is 12.6. The van der Waals surface area contributed by atoms with Crippen molar-refractivity contribution in [1.82, 2.24) is 0 Å². The highest BCUT2D eigenvalue weighted by Gasteiger charge is 2.62. The van der Waals surface area contributed by atoms with Gasteiger partial charge in [0.05, 0.1) is 4.90 Å². The van der Waals surface area contributed by atoms with Crippen molar-refractivity contribution >= 4 is 19.7 Å². The quantitative estimate of drug-likeness (QED) is 0.584. The summed E-state index contributed by atoms with van der Waals surface area (Å²) in [6.45, 7) is 0. The van der Waals surface area contributed by atoms with Crippen molar-refractivity contribution in [2.24, 2.45) is 0 Å². The second-order valence-corrected chi connectivity index (χ2v) is 6.55. The molecule has 13 heavy (non-hydrogen) atoms. The summed E-state index contributed by atoms with van der Waals surface area (Å²) < 4.78 is 49.5. The van der Waals surface area contributed by atoms with Crippen molar-refractivity contribution in [3.8, 4) is 0 Å². The lowest BCUT2D eigenvalue weighted by Gasteiger charge is -2.42. The molecule has 0 heterocycles. The molecule has 0 spiro atoms. The Morgan fingerprint density at radius 1 is 0.923 bits per heavy atom. The maximum Gasteiger partial charge on any atom is 0.253 e. The number of benzene rings is 1. The predicted octanol–water partition coefficient (Wildman–Crippen LogP) is 5.25. The fraction of sp³-hybridized carbons (Fsp3) is 0.143. The lowest BCUT2D eigenvalue weighted by atomic mass is 10.4. The minimum absolute atomic E-state index is 0. The summed E-state index contributed by atoms with van der Waals surface area (Å²) in [7, 11) is -4.43. The third kappa shape index (κ3) is 3.44. The van der Waals surface area contributed by atoms with Crippen LogP contribution in [0.3, 0.4) is 0 Å². The first-order chi connectivity index (χ1) is 5.09. The molecule has 0 aromatic heterocycles. The van der Waals surface area contributed by atoms with Gasteiger partial charge in [-0.05, 0) is 12.1 Å². The average Bonchev–Trinajstić information content (AvgIpc) is 1.85. The molecule has 0 nitrogen and oxygen atoms in total. The van der Waals surface area contributed by atoms with E-state index in [-0.39, 0.29) is 7.43 Å².